The van der Waals surface area contributed by atoms with E-state index in [2.05, 4.69) is 40.5 Å². The highest BCUT2D eigenvalue weighted by Crippen LogP contribution is 2.22. The first-order valence-corrected chi connectivity index (χ1v) is 8.98. The van der Waals surface area contributed by atoms with Crippen LogP contribution >= 0.6 is 22.6 Å². The van der Waals surface area contributed by atoms with Gasteiger partial charge >= 0.3 is 6.09 Å². The molecular weight excluding hydrogens is 405 g/mol. The van der Waals surface area contributed by atoms with Gasteiger partial charge in [0.05, 0.1) is 0 Å². The minimum absolute atomic E-state index is 0.216. The van der Waals surface area contributed by atoms with Gasteiger partial charge < -0.3 is 15.4 Å². The molecule has 1 fully saturated rings. The van der Waals surface area contributed by atoms with Gasteiger partial charge in [-0.2, -0.15) is 0 Å². The summed E-state index contributed by atoms with van der Waals surface area (Å²) in [6.07, 6.45) is -0.216. The van der Waals surface area contributed by atoms with E-state index < -0.39 is 5.60 Å². The van der Waals surface area contributed by atoms with Crippen molar-refractivity contribution in [2.24, 2.45) is 0 Å². The average molecular weight is 431 g/mol. The van der Waals surface area contributed by atoms with E-state index in [0.717, 1.165) is 25.3 Å². The Morgan fingerprint density at radius 3 is 2.43 bits per heavy atom. The summed E-state index contributed by atoms with van der Waals surface area (Å²) in [6, 6.07) is 4.05. The second kappa shape index (κ2) is 7.25. The predicted octanol–water partition coefficient (Wildman–Crippen LogP) is 3.23. The molecule has 1 aromatic rings. The molecule has 5 nitrogen and oxygen atoms in total. The van der Waals surface area contributed by atoms with E-state index in [1.807, 2.05) is 26.8 Å². The molecule has 128 valence electrons. The van der Waals surface area contributed by atoms with E-state index >= 15 is 0 Å². The molecule has 0 aliphatic carbocycles. The highest BCUT2D eigenvalue weighted by atomic mass is 127. The number of halogens is 1. The van der Waals surface area contributed by atoms with Gasteiger partial charge in [0.1, 0.15) is 5.60 Å². The van der Waals surface area contributed by atoms with Crippen LogP contribution in [-0.2, 0) is 11.3 Å². The number of nitrogens with two attached hydrogens (primary N) is 1. The maximum absolute atomic E-state index is 12.1. The van der Waals surface area contributed by atoms with E-state index in [9.17, 15) is 4.79 Å². The van der Waals surface area contributed by atoms with Crippen molar-refractivity contribution in [3.8, 4) is 0 Å². The molecule has 1 aromatic carbocycles. The quantitative estimate of drug-likeness (QED) is 0.577. The molecule has 1 aliphatic heterocycles. The van der Waals surface area contributed by atoms with E-state index in [4.69, 9.17) is 10.5 Å². The lowest BCUT2D eigenvalue weighted by Crippen LogP contribution is -2.49. The number of rotatable bonds is 2. The number of benzene rings is 1. The Hall–Kier alpha value is -1.02. The molecule has 0 spiro atoms. The summed E-state index contributed by atoms with van der Waals surface area (Å²) in [6.45, 7) is 11.8. The molecule has 0 radical (unpaired) electrons. The van der Waals surface area contributed by atoms with Gasteiger partial charge in [-0.05, 0) is 73.5 Å². The van der Waals surface area contributed by atoms with E-state index in [0.29, 0.717) is 13.1 Å². The first-order valence-electron chi connectivity index (χ1n) is 7.90. The third-order valence-electron chi connectivity index (χ3n) is 3.89. The van der Waals surface area contributed by atoms with Crippen LogP contribution in [0.25, 0.3) is 0 Å². The average Bonchev–Trinajstić information content (AvgIpc) is 2.43. The van der Waals surface area contributed by atoms with Gasteiger partial charge in [-0.25, -0.2) is 4.79 Å². The minimum atomic E-state index is -0.441. The van der Waals surface area contributed by atoms with Crippen molar-refractivity contribution in [1.29, 1.82) is 0 Å². The van der Waals surface area contributed by atoms with E-state index in [1.165, 1.54) is 14.7 Å². The fourth-order valence-electron chi connectivity index (χ4n) is 2.58. The zero-order chi connectivity index (χ0) is 17.2. The zero-order valence-corrected chi connectivity index (χ0v) is 16.5. The Kier molecular flexibility index (Phi) is 5.78. The van der Waals surface area contributed by atoms with Crippen LogP contribution < -0.4 is 5.73 Å². The number of piperazine rings is 1. The van der Waals surface area contributed by atoms with Crippen molar-refractivity contribution in [3.63, 3.8) is 0 Å². The van der Waals surface area contributed by atoms with Crippen LogP contribution in [0.4, 0.5) is 10.5 Å². The Labute approximate surface area is 152 Å². The highest BCUT2D eigenvalue weighted by molar-refractivity contribution is 14.1. The van der Waals surface area contributed by atoms with Crippen LogP contribution in [-0.4, -0.2) is 47.7 Å². The van der Waals surface area contributed by atoms with Crippen molar-refractivity contribution in [3.05, 3.63) is 26.8 Å². The normalized spacial score (nSPS) is 16.5. The lowest BCUT2D eigenvalue weighted by molar-refractivity contribution is 0.0139. The molecule has 0 bridgehead atoms. The topological polar surface area (TPSA) is 58.8 Å². The molecule has 1 heterocycles. The third kappa shape index (κ3) is 5.24. The van der Waals surface area contributed by atoms with Crippen LogP contribution in [0.15, 0.2) is 12.1 Å². The van der Waals surface area contributed by atoms with Crippen LogP contribution in [0, 0.1) is 10.5 Å². The highest BCUT2D eigenvalue weighted by Gasteiger charge is 2.26. The Balaban J connectivity index is 1.92. The van der Waals surface area contributed by atoms with Gasteiger partial charge in [-0.15, -0.1) is 0 Å². The van der Waals surface area contributed by atoms with Gasteiger partial charge in [0.15, 0.2) is 0 Å². The number of nitrogen functional groups attached to an aromatic ring is 1. The SMILES string of the molecule is Cc1c(I)cc(N)cc1CN1CCN(C(=O)OC(C)(C)C)CC1. The molecule has 1 saturated heterocycles. The van der Waals surface area contributed by atoms with Crippen molar-refractivity contribution in [2.75, 3.05) is 31.9 Å². The number of amides is 1. The first-order chi connectivity index (χ1) is 10.7. The predicted molar refractivity (Wildman–Crippen MR) is 101 cm³/mol. The molecule has 0 unspecified atom stereocenters. The van der Waals surface area contributed by atoms with E-state index in [1.54, 1.807) is 4.90 Å². The second-order valence-electron chi connectivity index (χ2n) is 7.03. The Morgan fingerprint density at radius 1 is 1.26 bits per heavy atom. The summed E-state index contributed by atoms with van der Waals surface area (Å²) in [5.41, 5.74) is 8.88. The largest absolute Gasteiger partial charge is 0.444 e. The standard InChI is InChI=1S/C17H26IN3O2/c1-12-13(9-14(19)10-15(12)18)11-20-5-7-21(8-6-20)16(22)23-17(2,3)4/h9-10H,5-8,11,19H2,1-4H3. The summed E-state index contributed by atoms with van der Waals surface area (Å²) in [7, 11) is 0. The molecule has 1 amide bonds. The third-order valence-corrected chi connectivity index (χ3v) is 5.01. The zero-order valence-electron chi connectivity index (χ0n) is 14.4. The van der Waals surface area contributed by atoms with Crippen molar-refractivity contribution in [2.45, 2.75) is 39.8 Å². The number of ether oxygens (including phenoxy) is 1. The van der Waals surface area contributed by atoms with Gasteiger partial charge in [-0.1, -0.05) is 0 Å². The van der Waals surface area contributed by atoms with Crippen molar-refractivity contribution < 1.29 is 9.53 Å². The minimum Gasteiger partial charge on any atom is -0.444 e. The summed E-state index contributed by atoms with van der Waals surface area (Å²) in [4.78, 5) is 16.2. The fourth-order valence-corrected chi connectivity index (χ4v) is 3.29. The molecule has 6 heteroatoms. The second-order valence-corrected chi connectivity index (χ2v) is 8.19. The monoisotopic (exact) mass is 431 g/mol. The van der Waals surface area contributed by atoms with Gasteiger partial charge in [-0.3, -0.25) is 4.90 Å². The smallest absolute Gasteiger partial charge is 0.410 e. The Bertz CT molecular complexity index is 576. The van der Waals surface area contributed by atoms with Gasteiger partial charge in [0.2, 0.25) is 0 Å². The molecule has 0 aromatic heterocycles. The number of hydrogen-bond acceptors (Lipinski definition) is 4. The summed E-state index contributed by atoms with van der Waals surface area (Å²) >= 11 is 2.33. The lowest BCUT2D eigenvalue weighted by atomic mass is 10.1. The van der Waals surface area contributed by atoms with Gasteiger partial charge in [0.25, 0.3) is 0 Å². The van der Waals surface area contributed by atoms with Crippen LogP contribution in [0.5, 0.6) is 0 Å². The molecular formula is C17H26IN3O2. The van der Waals surface area contributed by atoms with Crippen LogP contribution in [0.3, 0.4) is 0 Å². The Morgan fingerprint density at radius 2 is 1.87 bits per heavy atom. The number of nitrogens with zero attached hydrogens (tertiary/aromatic N) is 2. The first kappa shape index (κ1) is 18.3. The molecule has 2 N–H and O–H groups in total. The number of hydrogen-bond donors (Lipinski definition) is 1. The fraction of sp³-hybridized carbons (Fsp3) is 0.588. The maximum Gasteiger partial charge on any atom is 0.410 e. The molecule has 0 atom stereocenters. The summed E-state index contributed by atoms with van der Waals surface area (Å²) in [5.74, 6) is 0. The van der Waals surface area contributed by atoms with Crippen LogP contribution in [0.1, 0.15) is 31.9 Å². The molecule has 0 saturated carbocycles. The molecule has 1 aliphatic rings. The lowest BCUT2D eigenvalue weighted by Gasteiger charge is -2.35. The molecule has 23 heavy (non-hydrogen) atoms. The van der Waals surface area contributed by atoms with Crippen molar-refractivity contribution >= 4 is 34.4 Å². The number of carbonyl (C=O) groups is 1. The van der Waals surface area contributed by atoms with Crippen LogP contribution in [0.2, 0.25) is 0 Å². The van der Waals surface area contributed by atoms with E-state index in [-0.39, 0.29) is 6.09 Å². The number of carbonyl (C=O) groups excluding carboxylic acids is 1. The number of anilines is 1. The van der Waals surface area contributed by atoms with Crippen molar-refractivity contribution in [1.82, 2.24) is 9.80 Å². The van der Waals surface area contributed by atoms with Gasteiger partial charge in [0, 0.05) is 42.0 Å². The molecule has 2 rings (SSSR count). The summed E-state index contributed by atoms with van der Waals surface area (Å²) < 4.78 is 6.63. The maximum atomic E-state index is 12.1. The summed E-state index contributed by atoms with van der Waals surface area (Å²) in [5, 5.41) is 0.